The Labute approximate surface area is 238 Å². The van der Waals surface area contributed by atoms with Crippen LogP contribution in [0.1, 0.15) is 73.7 Å². The Bertz CT molecular complexity index is 1160. The van der Waals surface area contributed by atoms with E-state index in [1.807, 2.05) is 47.2 Å². The molecule has 0 unspecified atom stereocenters. The molecule has 0 saturated carbocycles. The third kappa shape index (κ3) is 6.37. The van der Waals surface area contributed by atoms with Crippen LogP contribution >= 0.6 is 11.6 Å². The van der Waals surface area contributed by atoms with Gasteiger partial charge < -0.3 is 19.4 Å². The molecule has 5 rings (SSSR count). The highest BCUT2D eigenvalue weighted by atomic mass is 35.5. The minimum Gasteiger partial charge on any atom is -0.491 e. The van der Waals surface area contributed by atoms with E-state index in [2.05, 4.69) is 17.0 Å². The molecular formula is C32H42ClN3O3. The molecule has 0 aliphatic carbocycles. The molecule has 0 atom stereocenters. The fourth-order valence-corrected chi connectivity index (χ4v) is 6.76. The Kier molecular flexibility index (Phi) is 9.01. The maximum Gasteiger partial charge on any atom is 0.253 e. The van der Waals surface area contributed by atoms with Crippen molar-refractivity contribution in [3.63, 3.8) is 0 Å². The standard InChI is InChI=1S/C32H42ClN3O3/c1-34-22-23-39-29-12-6-5-11-25(29)10-4-2-7-15-32(31(34)38)16-20-36(21-17-32)30(37)26-13-14-27(33)28(24-26)35-18-8-3-9-19-35/h5-6,11-14,24H,2-4,7-10,15-23H2,1H3. The van der Waals surface area contributed by atoms with Gasteiger partial charge in [0.2, 0.25) is 5.91 Å². The lowest BCUT2D eigenvalue weighted by Gasteiger charge is -2.42. The molecule has 0 N–H and O–H groups in total. The van der Waals surface area contributed by atoms with Crippen molar-refractivity contribution in [1.29, 1.82) is 0 Å². The maximum atomic E-state index is 13.8. The molecular weight excluding hydrogens is 510 g/mol. The molecule has 0 aromatic heterocycles. The summed E-state index contributed by atoms with van der Waals surface area (Å²) in [5.74, 6) is 1.17. The number of likely N-dealkylation sites (N-methyl/N-ethyl adjacent to an activating group) is 1. The number of rotatable bonds is 2. The summed E-state index contributed by atoms with van der Waals surface area (Å²) in [6.07, 6.45) is 10.0. The number of benzene rings is 2. The van der Waals surface area contributed by atoms with Crippen LogP contribution in [0.2, 0.25) is 5.02 Å². The predicted octanol–water partition coefficient (Wildman–Crippen LogP) is 6.21. The fraction of sp³-hybridized carbons (Fsp3) is 0.562. The first-order chi connectivity index (χ1) is 19.0. The number of amides is 2. The summed E-state index contributed by atoms with van der Waals surface area (Å²) in [5, 5.41) is 0.704. The molecule has 0 bridgehead atoms. The number of carbonyl (C=O) groups is 2. The number of anilines is 1. The SMILES string of the molecule is CN1CCOc2ccccc2CCCCCC2(CCN(C(=O)c3ccc(Cl)c(N4CCCCC4)c3)CC2)C1=O. The van der Waals surface area contributed by atoms with Crippen LogP contribution in [-0.4, -0.2) is 68.0 Å². The molecule has 7 heteroatoms. The van der Waals surface area contributed by atoms with Gasteiger partial charge in [-0.1, -0.05) is 42.6 Å². The first kappa shape index (κ1) is 27.8. The van der Waals surface area contributed by atoms with E-state index >= 15 is 0 Å². The number of ether oxygens (including phenoxy) is 1. The minimum absolute atomic E-state index is 0.0383. The van der Waals surface area contributed by atoms with Crippen molar-refractivity contribution in [3.8, 4) is 5.75 Å². The van der Waals surface area contributed by atoms with E-state index in [-0.39, 0.29) is 11.8 Å². The number of para-hydroxylation sites is 1. The summed E-state index contributed by atoms with van der Waals surface area (Å²) in [4.78, 5) is 33.5. The van der Waals surface area contributed by atoms with Gasteiger partial charge in [0.1, 0.15) is 12.4 Å². The largest absolute Gasteiger partial charge is 0.491 e. The second-order valence-corrected chi connectivity index (χ2v) is 11.9. The third-order valence-electron chi connectivity index (χ3n) is 8.96. The topological polar surface area (TPSA) is 53.1 Å². The quantitative estimate of drug-likeness (QED) is 0.445. The summed E-state index contributed by atoms with van der Waals surface area (Å²) < 4.78 is 6.10. The summed E-state index contributed by atoms with van der Waals surface area (Å²) >= 11 is 6.54. The number of aryl methyl sites for hydroxylation is 1. The van der Waals surface area contributed by atoms with Crippen LogP contribution in [0.15, 0.2) is 42.5 Å². The lowest BCUT2D eigenvalue weighted by Crippen LogP contribution is -2.51. The number of fused-ring (bicyclic) bond motifs is 1. The van der Waals surface area contributed by atoms with Gasteiger partial charge in [0.25, 0.3) is 5.91 Å². The van der Waals surface area contributed by atoms with Crippen molar-refractivity contribution in [1.82, 2.24) is 9.80 Å². The summed E-state index contributed by atoms with van der Waals surface area (Å²) in [7, 11) is 1.90. The van der Waals surface area contributed by atoms with Crippen molar-refractivity contribution in [2.45, 2.75) is 64.2 Å². The van der Waals surface area contributed by atoms with Gasteiger partial charge in [0.05, 0.1) is 22.7 Å². The van der Waals surface area contributed by atoms with Crippen LogP contribution in [0.25, 0.3) is 0 Å². The number of piperidine rings is 2. The van der Waals surface area contributed by atoms with Gasteiger partial charge in [-0.05, 0) is 81.2 Å². The second kappa shape index (κ2) is 12.6. The van der Waals surface area contributed by atoms with E-state index in [0.717, 1.165) is 69.5 Å². The third-order valence-corrected chi connectivity index (χ3v) is 9.28. The summed E-state index contributed by atoms with van der Waals surface area (Å²) in [6, 6.07) is 13.9. The smallest absolute Gasteiger partial charge is 0.253 e. The average molecular weight is 552 g/mol. The predicted molar refractivity (Wildman–Crippen MR) is 157 cm³/mol. The molecule has 3 aliphatic heterocycles. The van der Waals surface area contributed by atoms with Crippen molar-refractivity contribution < 1.29 is 14.3 Å². The molecule has 2 aromatic carbocycles. The monoisotopic (exact) mass is 551 g/mol. The number of halogens is 1. The fourth-order valence-electron chi connectivity index (χ4n) is 6.52. The van der Waals surface area contributed by atoms with Crippen molar-refractivity contribution in [2.24, 2.45) is 5.41 Å². The van der Waals surface area contributed by atoms with E-state index in [0.29, 0.717) is 49.7 Å². The molecule has 3 aliphatic rings. The van der Waals surface area contributed by atoms with Gasteiger partial charge in [0, 0.05) is 38.8 Å². The average Bonchev–Trinajstić information content (AvgIpc) is 2.98. The first-order valence-corrected chi connectivity index (χ1v) is 15.1. The Hall–Kier alpha value is -2.73. The normalized spacial score (nSPS) is 20.9. The Morgan fingerprint density at radius 3 is 2.41 bits per heavy atom. The van der Waals surface area contributed by atoms with Crippen molar-refractivity contribution in [2.75, 3.05) is 51.3 Å². The maximum absolute atomic E-state index is 13.8. The molecule has 210 valence electrons. The molecule has 2 aromatic rings. The minimum atomic E-state index is -0.411. The van der Waals surface area contributed by atoms with Gasteiger partial charge in [0.15, 0.2) is 0 Å². The molecule has 0 radical (unpaired) electrons. The van der Waals surface area contributed by atoms with Crippen LogP contribution in [0.4, 0.5) is 5.69 Å². The molecule has 2 fully saturated rings. The zero-order valence-electron chi connectivity index (χ0n) is 23.3. The van der Waals surface area contributed by atoms with E-state index < -0.39 is 5.41 Å². The summed E-state index contributed by atoms with van der Waals surface area (Å²) in [6.45, 7) is 4.20. The zero-order valence-corrected chi connectivity index (χ0v) is 24.1. The first-order valence-electron chi connectivity index (χ1n) is 14.8. The molecule has 3 heterocycles. The Morgan fingerprint density at radius 2 is 1.62 bits per heavy atom. The van der Waals surface area contributed by atoms with Crippen LogP contribution in [-0.2, 0) is 11.2 Å². The van der Waals surface area contributed by atoms with Gasteiger partial charge in [-0.2, -0.15) is 0 Å². The van der Waals surface area contributed by atoms with Gasteiger partial charge in [-0.25, -0.2) is 0 Å². The van der Waals surface area contributed by atoms with E-state index in [4.69, 9.17) is 16.3 Å². The highest BCUT2D eigenvalue weighted by Gasteiger charge is 2.43. The second-order valence-electron chi connectivity index (χ2n) is 11.5. The summed E-state index contributed by atoms with van der Waals surface area (Å²) in [5.41, 5.74) is 2.49. The van der Waals surface area contributed by atoms with Crippen molar-refractivity contribution in [3.05, 3.63) is 58.6 Å². The van der Waals surface area contributed by atoms with Crippen LogP contribution < -0.4 is 9.64 Å². The van der Waals surface area contributed by atoms with E-state index in [1.165, 1.54) is 12.0 Å². The van der Waals surface area contributed by atoms with E-state index in [9.17, 15) is 9.59 Å². The Balaban J connectivity index is 1.25. The number of likely N-dealkylation sites (tertiary alicyclic amines) is 1. The number of hydrogen-bond acceptors (Lipinski definition) is 4. The number of carbonyl (C=O) groups excluding carboxylic acids is 2. The Morgan fingerprint density at radius 1 is 0.872 bits per heavy atom. The number of nitrogens with zero attached hydrogens (tertiary/aromatic N) is 3. The number of hydrogen-bond donors (Lipinski definition) is 0. The van der Waals surface area contributed by atoms with Crippen LogP contribution in [0.3, 0.4) is 0 Å². The molecule has 39 heavy (non-hydrogen) atoms. The van der Waals surface area contributed by atoms with E-state index in [1.54, 1.807) is 0 Å². The highest BCUT2D eigenvalue weighted by molar-refractivity contribution is 6.33. The molecule has 1 spiro atoms. The highest BCUT2D eigenvalue weighted by Crippen LogP contribution is 2.40. The molecule has 2 saturated heterocycles. The molecule has 6 nitrogen and oxygen atoms in total. The zero-order chi connectivity index (χ0) is 27.2. The van der Waals surface area contributed by atoms with Gasteiger partial charge in [-0.3, -0.25) is 9.59 Å². The van der Waals surface area contributed by atoms with Crippen molar-refractivity contribution >= 4 is 29.1 Å². The lowest BCUT2D eigenvalue weighted by molar-refractivity contribution is -0.144. The lowest BCUT2D eigenvalue weighted by atomic mass is 9.73. The van der Waals surface area contributed by atoms with Gasteiger partial charge in [-0.15, -0.1) is 0 Å². The van der Waals surface area contributed by atoms with Gasteiger partial charge >= 0.3 is 0 Å². The molecule has 2 amide bonds. The van der Waals surface area contributed by atoms with Crippen LogP contribution in [0.5, 0.6) is 5.75 Å². The van der Waals surface area contributed by atoms with Crippen LogP contribution in [0, 0.1) is 5.41 Å².